The molecule has 0 spiro atoms. The van der Waals surface area contributed by atoms with E-state index in [0.717, 1.165) is 37.4 Å². The highest BCUT2D eigenvalue weighted by Gasteiger charge is 2.26. The molecule has 1 saturated heterocycles. The van der Waals surface area contributed by atoms with Crippen LogP contribution in [0.25, 0.3) is 0 Å². The highest BCUT2D eigenvalue weighted by atomic mass is 16.5. The fraction of sp³-hybridized carbons (Fsp3) is 0.409. The predicted octanol–water partition coefficient (Wildman–Crippen LogP) is 3.09. The Morgan fingerprint density at radius 2 is 1.81 bits per heavy atom. The van der Waals surface area contributed by atoms with E-state index in [9.17, 15) is 9.90 Å². The Kier molecular flexibility index (Phi) is 6.85. The molecule has 1 aliphatic rings. The van der Waals surface area contributed by atoms with E-state index >= 15 is 0 Å². The number of aliphatic hydroxyl groups is 1. The van der Waals surface area contributed by atoms with Crippen molar-refractivity contribution < 1.29 is 14.6 Å². The summed E-state index contributed by atoms with van der Waals surface area (Å²) in [5.74, 6) is 0.891. The number of benzene rings is 2. The quantitative estimate of drug-likeness (QED) is 0.788. The van der Waals surface area contributed by atoms with E-state index < -0.39 is 6.10 Å². The van der Waals surface area contributed by atoms with Gasteiger partial charge in [0.1, 0.15) is 18.5 Å². The van der Waals surface area contributed by atoms with Gasteiger partial charge in [0.15, 0.2) is 0 Å². The maximum atomic E-state index is 12.4. The van der Waals surface area contributed by atoms with Crippen molar-refractivity contribution in [3.05, 3.63) is 60.2 Å². The number of hydrogen-bond donors (Lipinski definition) is 2. The van der Waals surface area contributed by atoms with Crippen LogP contribution in [-0.4, -0.2) is 48.3 Å². The molecule has 2 aromatic rings. The second-order valence-corrected chi connectivity index (χ2v) is 7.21. The summed E-state index contributed by atoms with van der Waals surface area (Å²) in [6.07, 6.45) is 1.08. The van der Waals surface area contributed by atoms with Gasteiger partial charge in [-0.25, -0.2) is 0 Å². The maximum Gasteiger partial charge on any atom is 0.227 e. The fourth-order valence-corrected chi connectivity index (χ4v) is 3.32. The van der Waals surface area contributed by atoms with Crippen molar-refractivity contribution in [2.24, 2.45) is 5.92 Å². The first-order valence-electron chi connectivity index (χ1n) is 9.56. The maximum absolute atomic E-state index is 12.4. The Labute approximate surface area is 161 Å². The van der Waals surface area contributed by atoms with Gasteiger partial charge in [0.2, 0.25) is 5.91 Å². The van der Waals surface area contributed by atoms with Crippen molar-refractivity contribution in [3.63, 3.8) is 0 Å². The minimum absolute atomic E-state index is 0.0300. The summed E-state index contributed by atoms with van der Waals surface area (Å²) in [6.45, 7) is 4.50. The van der Waals surface area contributed by atoms with Gasteiger partial charge in [-0.2, -0.15) is 0 Å². The number of aryl methyl sites for hydroxylation is 1. The van der Waals surface area contributed by atoms with Crippen LogP contribution in [0.15, 0.2) is 54.6 Å². The summed E-state index contributed by atoms with van der Waals surface area (Å²) in [4.78, 5) is 14.6. The second-order valence-electron chi connectivity index (χ2n) is 7.21. The van der Waals surface area contributed by atoms with E-state index in [1.54, 1.807) is 0 Å². The number of ether oxygens (including phenoxy) is 1. The van der Waals surface area contributed by atoms with Gasteiger partial charge in [0.05, 0.1) is 0 Å². The number of carbonyl (C=O) groups excluding carboxylic acids is 1. The van der Waals surface area contributed by atoms with Crippen LogP contribution >= 0.6 is 0 Å². The molecule has 1 fully saturated rings. The first kappa shape index (κ1) is 19.4. The van der Waals surface area contributed by atoms with Crippen LogP contribution in [0.3, 0.4) is 0 Å². The van der Waals surface area contributed by atoms with Crippen molar-refractivity contribution in [2.75, 3.05) is 31.6 Å². The number of para-hydroxylation sites is 1. The zero-order chi connectivity index (χ0) is 19.1. The molecule has 5 nitrogen and oxygen atoms in total. The third kappa shape index (κ3) is 6.08. The number of β-amino-alcohol motifs (C(OH)–C–C–N with tert-alkyl or cyclic N) is 1. The number of anilines is 1. The van der Waals surface area contributed by atoms with Crippen LogP contribution in [0.1, 0.15) is 18.4 Å². The highest BCUT2D eigenvalue weighted by Crippen LogP contribution is 2.20. The smallest absolute Gasteiger partial charge is 0.227 e. The molecule has 0 aromatic heterocycles. The van der Waals surface area contributed by atoms with Crippen molar-refractivity contribution in [2.45, 2.75) is 25.9 Å². The van der Waals surface area contributed by atoms with Gasteiger partial charge in [-0.15, -0.1) is 0 Å². The summed E-state index contributed by atoms with van der Waals surface area (Å²) in [6, 6.07) is 17.4. The van der Waals surface area contributed by atoms with E-state index in [-0.39, 0.29) is 18.4 Å². The molecule has 5 heteroatoms. The molecule has 0 aliphatic carbocycles. The predicted molar refractivity (Wildman–Crippen MR) is 107 cm³/mol. The molecule has 0 saturated carbocycles. The molecule has 1 aliphatic heterocycles. The molecule has 1 atom stereocenters. The van der Waals surface area contributed by atoms with Gasteiger partial charge < -0.3 is 20.1 Å². The number of rotatable bonds is 7. The third-order valence-electron chi connectivity index (χ3n) is 4.93. The number of aliphatic hydroxyl groups excluding tert-OH is 1. The number of hydrogen-bond acceptors (Lipinski definition) is 4. The Balaban J connectivity index is 1.37. The molecule has 3 rings (SSSR count). The molecule has 27 heavy (non-hydrogen) atoms. The van der Waals surface area contributed by atoms with E-state index in [0.29, 0.717) is 6.54 Å². The van der Waals surface area contributed by atoms with Gasteiger partial charge in [-0.1, -0.05) is 35.9 Å². The minimum Gasteiger partial charge on any atom is -0.491 e. The first-order chi connectivity index (χ1) is 13.1. The van der Waals surface area contributed by atoms with Crippen LogP contribution in [0.2, 0.25) is 0 Å². The number of likely N-dealkylation sites (tertiary alicyclic amines) is 1. The normalized spacial score (nSPS) is 16.7. The summed E-state index contributed by atoms with van der Waals surface area (Å²) >= 11 is 0. The summed E-state index contributed by atoms with van der Waals surface area (Å²) in [5, 5.41) is 13.2. The monoisotopic (exact) mass is 368 g/mol. The number of amides is 1. The molecule has 0 radical (unpaired) electrons. The Morgan fingerprint density at radius 3 is 2.48 bits per heavy atom. The van der Waals surface area contributed by atoms with Crippen LogP contribution in [-0.2, 0) is 4.79 Å². The number of piperidine rings is 1. The topological polar surface area (TPSA) is 61.8 Å². The SMILES string of the molecule is Cc1ccc(OC[C@H](O)CN2CCC(C(=O)Nc3ccccc3)CC2)cc1. The standard InChI is InChI=1S/C22H28N2O3/c1-17-7-9-21(10-8-17)27-16-20(25)15-24-13-11-18(12-14-24)22(26)23-19-5-3-2-4-6-19/h2-10,18,20,25H,11-16H2,1H3,(H,23,26)/t20-/m1/s1. The van der Waals surface area contributed by atoms with Gasteiger partial charge in [-0.3, -0.25) is 4.79 Å². The summed E-state index contributed by atoms with van der Waals surface area (Å²) in [5.41, 5.74) is 2.02. The average molecular weight is 368 g/mol. The van der Waals surface area contributed by atoms with Crippen molar-refractivity contribution in [1.82, 2.24) is 4.90 Å². The largest absolute Gasteiger partial charge is 0.491 e. The van der Waals surface area contributed by atoms with E-state index in [1.807, 2.05) is 61.5 Å². The lowest BCUT2D eigenvalue weighted by Gasteiger charge is -2.32. The molecule has 0 unspecified atom stereocenters. The minimum atomic E-state index is -0.541. The number of nitrogens with zero attached hydrogens (tertiary/aromatic N) is 1. The zero-order valence-electron chi connectivity index (χ0n) is 15.8. The van der Waals surface area contributed by atoms with Crippen LogP contribution in [0.5, 0.6) is 5.75 Å². The van der Waals surface area contributed by atoms with E-state index in [4.69, 9.17) is 4.74 Å². The van der Waals surface area contributed by atoms with Gasteiger partial charge in [0, 0.05) is 18.2 Å². The van der Waals surface area contributed by atoms with Crippen molar-refractivity contribution in [1.29, 1.82) is 0 Å². The van der Waals surface area contributed by atoms with Crippen LogP contribution < -0.4 is 10.1 Å². The zero-order valence-corrected chi connectivity index (χ0v) is 15.8. The lowest BCUT2D eigenvalue weighted by Crippen LogP contribution is -2.42. The summed E-state index contributed by atoms with van der Waals surface area (Å²) < 4.78 is 5.65. The Hall–Kier alpha value is -2.37. The first-order valence-corrected chi connectivity index (χ1v) is 9.56. The number of nitrogens with one attached hydrogen (secondary N) is 1. The Morgan fingerprint density at radius 1 is 1.15 bits per heavy atom. The molecule has 2 N–H and O–H groups in total. The second kappa shape index (κ2) is 9.53. The molecular formula is C22H28N2O3. The Bertz CT molecular complexity index is 710. The van der Waals surface area contributed by atoms with E-state index in [1.165, 1.54) is 5.56 Å². The van der Waals surface area contributed by atoms with Crippen LogP contribution in [0, 0.1) is 12.8 Å². The molecule has 0 bridgehead atoms. The van der Waals surface area contributed by atoms with Crippen molar-refractivity contribution >= 4 is 11.6 Å². The lowest BCUT2D eigenvalue weighted by atomic mass is 9.95. The molecular weight excluding hydrogens is 340 g/mol. The average Bonchev–Trinajstić information content (AvgIpc) is 2.69. The summed E-state index contributed by atoms with van der Waals surface area (Å²) in [7, 11) is 0. The molecule has 1 heterocycles. The van der Waals surface area contributed by atoms with Gasteiger partial charge >= 0.3 is 0 Å². The number of carbonyl (C=O) groups is 1. The highest BCUT2D eigenvalue weighted by molar-refractivity contribution is 5.92. The fourth-order valence-electron chi connectivity index (χ4n) is 3.32. The van der Waals surface area contributed by atoms with Gasteiger partial charge in [-0.05, 0) is 57.1 Å². The molecule has 2 aromatic carbocycles. The molecule has 144 valence electrons. The van der Waals surface area contributed by atoms with Gasteiger partial charge in [0.25, 0.3) is 0 Å². The van der Waals surface area contributed by atoms with E-state index in [2.05, 4.69) is 10.2 Å². The van der Waals surface area contributed by atoms with Crippen molar-refractivity contribution in [3.8, 4) is 5.75 Å². The lowest BCUT2D eigenvalue weighted by molar-refractivity contribution is -0.121. The van der Waals surface area contributed by atoms with Crippen LogP contribution in [0.4, 0.5) is 5.69 Å². The molecule has 1 amide bonds. The third-order valence-corrected chi connectivity index (χ3v) is 4.93.